The summed E-state index contributed by atoms with van der Waals surface area (Å²) in [6, 6.07) is 15.2. The molecule has 0 amide bonds. The van der Waals surface area contributed by atoms with Crippen LogP contribution >= 0.6 is 15.9 Å². The first-order chi connectivity index (χ1) is 9.79. The molecule has 1 N–H and O–H groups in total. The minimum absolute atomic E-state index is 0.0648. The topological polar surface area (TPSA) is 42.4 Å². The van der Waals surface area contributed by atoms with Gasteiger partial charge < -0.3 is 9.84 Å². The normalized spacial score (nSPS) is 10.7. The Bertz CT molecular complexity index is 758. The number of aromatic nitrogens is 1. The maximum atomic E-state index is 9.35. The van der Waals surface area contributed by atoms with E-state index in [1.54, 1.807) is 6.20 Å². The van der Waals surface area contributed by atoms with Gasteiger partial charge in [-0.05, 0) is 24.3 Å². The predicted molar refractivity (Wildman–Crippen MR) is 81.9 cm³/mol. The van der Waals surface area contributed by atoms with Crippen molar-refractivity contribution >= 4 is 26.7 Å². The lowest BCUT2D eigenvalue weighted by Crippen LogP contribution is -1.94. The van der Waals surface area contributed by atoms with E-state index in [1.165, 1.54) is 0 Å². The molecule has 0 saturated carbocycles. The van der Waals surface area contributed by atoms with Crippen molar-refractivity contribution in [1.29, 1.82) is 0 Å². The summed E-state index contributed by atoms with van der Waals surface area (Å²) in [5, 5.41) is 11.3. The van der Waals surface area contributed by atoms with Crippen LogP contribution in [0.2, 0.25) is 0 Å². The van der Waals surface area contributed by atoms with E-state index in [4.69, 9.17) is 4.74 Å². The van der Waals surface area contributed by atoms with Gasteiger partial charge in [-0.3, -0.25) is 0 Å². The fourth-order valence-corrected chi connectivity index (χ4v) is 2.56. The second-order valence-electron chi connectivity index (χ2n) is 4.32. The number of aliphatic hydroxyl groups excluding tert-OH is 1. The minimum atomic E-state index is -0.0648. The SMILES string of the molecule is OCc1ccccc1Oc1nccc2c(Br)cccc12. The van der Waals surface area contributed by atoms with E-state index in [2.05, 4.69) is 20.9 Å². The molecule has 0 atom stereocenters. The van der Waals surface area contributed by atoms with Gasteiger partial charge in [-0.1, -0.05) is 40.2 Å². The molecule has 4 heteroatoms. The predicted octanol–water partition coefficient (Wildman–Crippen LogP) is 4.28. The average Bonchev–Trinajstić information content (AvgIpc) is 2.49. The number of aliphatic hydroxyl groups is 1. The number of hydrogen-bond acceptors (Lipinski definition) is 3. The molecule has 3 rings (SSSR count). The third-order valence-electron chi connectivity index (χ3n) is 3.07. The van der Waals surface area contributed by atoms with E-state index in [0.29, 0.717) is 11.6 Å². The summed E-state index contributed by atoms with van der Waals surface area (Å²) in [4.78, 5) is 4.29. The Morgan fingerprint density at radius 2 is 1.85 bits per heavy atom. The number of ether oxygens (including phenoxy) is 1. The van der Waals surface area contributed by atoms with Crippen molar-refractivity contribution in [1.82, 2.24) is 4.98 Å². The van der Waals surface area contributed by atoms with Crippen LogP contribution in [0.15, 0.2) is 59.2 Å². The summed E-state index contributed by atoms with van der Waals surface area (Å²) < 4.78 is 6.87. The number of pyridine rings is 1. The standard InChI is InChI=1S/C16H12BrNO2/c17-14-6-3-5-13-12(14)8-9-18-16(13)20-15-7-2-1-4-11(15)10-19/h1-9,19H,10H2. The zero-order chi connectivity index (χ0) is 13.9. The van der Waals surface area contributed by atoms with Crippen LogP contribution in [-0.2, 0) is 6.61 Å². The summed E-state index contributed by atoms with van der Waals surface area (Å²) in [7, 11) is 0. The highest BCUT2D eigenvalue weighted by molar-refractivity contribution is 9.10. The van der Waals surface area contributed by atoms with Gasteiger partial charge in [0.15, 0.2) is 0 Å². The smallest absolute Gasteiger partial charge is 0.227 e. The van der Waals surface area contributed by atoms with Gasteiger partial charge in [0, 0.05) is 27.0 Å². The largest absolute Gasteiger partial charge is 0.438 e. The first kappa shape index (κ1) is 13.1. The Morgan fingerprint density at radius 1 is 1.00 bits per heavy atom. The van der Waals surface area contributed by atoms with Gasteiger partial charge in [0.25, 0.3) is 0 Å². The van der Waals surface area contributed by atoms with Crippen LogP contribution in [0.5, 0.6) is 11.6 Å². The highest BCUT2D eigenvalue weighted by atomic mass is 79.9. The molecule has 20 heavy (non-hydrogen) atoms. The van der Waals surface area contributed by atoms with Gasteiger partial charge in [0.05, 0.1) is 6.61 Å². The molecule has 0 saturated heterocycles. The summed E-state index contributed by atoms with van der Waals surface area (Å²) in [6.07, 6.45) is 1.71. The number of nitrogens with zero attached hydrogens (tertiary/aromatic N) is 1. The van der Waals surface area contributed by atoms with Crippen LogP contribution in [0.4, 0.5) is 0 Å². The zero-order valence-corrected chi connectivity index (χ0v) is 12.2. The Hall–Kier alpha value is -1.91. The molecule has 0 unspecified atom stereocenters. The van der Waals surface area contributed by atoms with Crippen molar-refractivity contribution in [2.45, 2.75) is 6.61 Å². The monoisotopic (exact) mass is 329 g/mol. The lowest BCUT2D eigenvalue weighted by molar-refractivity contribution is 0.276. The van der Waals surface area contributed by atoms with E-state index < -0.39 is 0 Å². The maximum Gasteiger partial charge on any atom is 0.227 e. The third kappa shape index (κ3) is 2.40. The molecular formula is C16H12BrNO2. The minimum Gasteiger partial charge on any atom is -0.438 e. The molecule has 2 aromatic carbocycles. The highest BCUT2D eigenvalue weighted by Crippen LogP contribution is 2.32. The lowest BCUT2D eigenvalue weighted by atomic mass is 10.1. The molecule has 0 aliphatic carbocycles. The van der Waals surface area contributed by atoms with Crippen LogP contribution < -0.4 is 4.74 Å². The maximum absolute atomic E-state index is 9.35. The van der Waals surface area contributed by atoms with Crippen molar-refractivity contribution in [2.75, 3.05) is 0 Å². The number of fused-ring (bicyclic) bond motifs is 1. The zero-order valence-electron chi connectivity index (χ0n) is 10.6. The quantitative estimate of drug-likeness (QED) is 0.779. The van der Waals surface area contributed by atoms with Crippen molar-refractivity contribution in [3.63, 3.8) is 0 Å². The van der Waals surface area contributed by atoms with Crippen LogP contribution in [0, 0.1) is 0 Å². The molecule has 0 radical (unpaired) electrons. The van der Waals surface area contributed by atoms with E-state index in [1.807, 2.05) is 48.5 Å². The summed E-state index contributed by atoms with van der Waals surface area (Å²) in [6.45, 7) is -0.0648. The second kappa shape index (κ2) is 5.61. The van der Waals surface area contributed by atoms with Gasteiger partial charge in [0.1, 0.15) is 5.75 Å². The molecular weight excluding hydrogens is 318 g/mol. The third-order valence-corrected chi connectivity index (χ3v) is 3.76. The first-order valence-corrected chi connectivity index (χ1v) is 6.99. The van der Waals surface area contributed by atoms with Crippen LogP contribution in [0.1, 0.15) is 5.56 Å². The van der Waals surface area contributed by atoms with Crippen LogP contribution in [-0.4, -0.2) is 10.1 Å². The van der Waals surface area contributed by atoms with Crippen molar-refractivity contribution in [3.05, 3.63) is 64.8 Å². The average molecular weight is 330 g/mol. The molecule has 0 fully saturated rings. The fraction of sp³-hybridized carbons (Fsp3) is 0.0625. The van der Waals surface area contributed by atoms with Crippen LogP contribution in [0.3, 0.4) is 0 Å². The van der Waals surface area contributed by atoms with Crippen LogP contribution in [0.25, 0.3) is 10.8 Å². The molecule has 3 nitrogen and oxygen atoms in total. The highest BCUT2D eigenvalue weighted by Gasteiger charge is 2.09. The molecule has 100 valence electrons. The first-order valence-electron chi connectivity index (χ1n) is 6.19. The molecule has 3 aromatic rings. The number of rotatable bonds is 3. The van der Waals surface area contributed by atoms with E-state index in [-0.39, 0.29) is 6.61 Å². The number of halogens is 1. The summed E-state index contributed by atoms with van der Waals surface area (Å²) in [5.74, 6) is 1.15. The van der Waals surface area contributed by atoms with Crippen molar-refractivity contribution < 1.29 is 9.84 Å². The van der Waals surface area contributed by atoms with Crippen molar-refractivity contribution in [3.8, 4) is 11.6 Å². The Morgan fingerprint density at radius 3 is 2.70 bits per heavy atom. The van der Waals surface area contributed by atoms with E-state index in [9.17, 15) is 5.11 Å². The molecule has 1 aromatic heterocycles. The second-order valence-corrected chi connectivity index (χ2v) is 5.17. The van der Waals surface area contributed by atoms with Crippen molar-refractivity contribution in [2.24, 2.45) is 0 Å². The molecule has 0 aliphatic heterocycles. The van der Waals surface area contributed by atoms with Gasteiger partial charge in [-0.2, -0.15) is 0 Å². The Labute approximate surface area is 125 Å². The summed E-state index contributed by atoms with van der Waals surface area (Å²) >= 11 is 3.52. The number of para-hydroxylation sites is 1. The van der Waals surface area contributed by atoms with Gasteiger partial charge in [0.2, 0.25) is 5.88 Å². The Balaban J connectivity index is 2.09. The lowest BCUT2D eigenvalue weighted by Gasteiger charge is -2.11. The van der Waals surface area contributed by atoms with Gasteiger partial charge in [-0.15, -0.1) is 0 Å². The van der Waals surface area contributed by atoms with Gasteiger partial charge in [-0.25, -0.2) is 4.98 Å². The molecule has 0 bridgehead atoms. The summed E-state index contributed by atoms with van der Waals surface area (Å²) in [5.41, 5.74) is 0.737. The number of benzene rings is 2. The fourth-order valence-electron chi connectivity index (χ4n) is 2.06. The van der Waals surface area contributed by atoms with Gasteiger partial charge >= 0.3 is 0 Å². The van der Waals surface area contributed by atoms with E-state index >= 15 is 0 Å². The molecule has 1 heterocycles. The molecule has 0 spiro atoms. The Kier molecular flexibility index (Phi) is 3.67. The molecule has 0 aliphatic rings. The van der Waals surface area contributed by atoms with E-state index in [0.717, 1.165) is 20.8 Å². The number of hydrogen-bond donors (Lipinski definition) is 1.